The number of unbranched alkanes of at least 4 members (excludes halogenated alkanes) is 4. The molecule has 0 radical (unpaired) electrons. The predicted molar refractivity (Wildman–Crippen MR) is 125 cm³/mol. The summed E-state index contributed by atoms with van der Waals surface area (Å²) in [5.41, 5.74) is 1.41. The first-order valence-electron chi connectivity index (χ1n) is 12.5. The second kappa shape index (κ2) is 10.2. The number of rotatable bonds is 8. The van der Waals surface area contributed by atoms with E-state index in [2.05, 4.69) is 19.1 Å². The Bertz CT molecular complexity index is 829. The van der Waals surface area contributed by atoms with Crippen molar-refractivity contribution < 1.29 is 9.13 Å². The van der Waals surface area contributed by atoms with Crippen molar-refractivity contribution in [2.45, 2.75) is 89.9 Å². The highest BCUT2D eigenvalue weighted by molar-refractivity contribution is 5.85. The van der Waals surface area contributed by atoms with Crippen molar-refractivity contribution in [3.63, 3.8) is 0 Å². The van der Waals surface area contributed by atoms with Crippen molar-refractivity contribution in [2.24, 2.45) is 17.8 Å². The third-order valence-electron chi connectivity index (χ3n) is 8.07. The van der Waals surface area contributed by atoms with Gasteiger partial charge in [-0.15, -0.1) is 0 Å². The van der Waals surface area contributed by atoms with Crippen molar-refractivity contribution in [1.82, 2.24) is 0 Å². The van der Waals surface area contributed by atoms with Gasteiger partial charge in [0.25, 0.3) is 0 Å². The van der Waals surface area contributed by atoms with Gasteiger partial charge < -0.3 is 4.74 Å². The molecule has 2 aromatic rings. The zero-order chi connectivity index (χ0) is 20.9. The summed E-state index contributed by atoms with van der Waals surface area (Å²) in [7, 11) is 1.53. The van der Waals surface area contributed by atoms with E-state index < -0.39 is 0 Å². The number of halogens is 1. The molecular formula is C28H39FO. The highest BCUT2D eigenvalue weighted by Crippen LogP contribution is 2.48. The summed E-state index contributed by atoms with van der Waals surface area (Å²) < 4.78 is 19.7. The average molecular weight is 411 g/mol. The molecule has 0 aromatic heterocycles. The predicted octanol–water partition coefficient (Wildman–Crippen LogP) is 8.65. The Hall–Kier alpha value is -1.57. The van der Waals surface area contributed by atoms with Crippen LogP contribution >= 0.6 is 0 Å². The van der Waals surface area contributed by atoms with E-state index in [1.807, 2.05) is 12.1 Å². The molecule has 2 heteroatoms. The van der Waals surface area contributed by atoms with Gasteiger partial charge in [0.05, 0.1) is 7.11 Å². The van der Waals surface area contributed by atoms with Gasteiger partial charge in [-0.05, 0) is 72.8 Å². The molecule has 2 unspecified atom stereocenters. The number of fused-ring (bicyclic) bond motifs is 2. The van der Waals surface area contributed by atoms with Gasteiger partial charge in [0.15, 0.2) is 11.6 Å². The quantitative estimate of drug-likeness (QED) is 0.396. The number of hydrogen-bond acceptors (Lipinski definition) is 1. The fourth-order valence-electron chi connectivity index (χ4n) is 6.29. The molecule has 164 valence electrons. The van der Waals surface area contributed by atoms with E-state index in [4.69, 9.17) is 4.74 Å². The average Bonchev–Trinajstić information content (AvgIpc) is 2.78. The van der Waals surface area contributed by atoms with Gasteiger partial charge in [-0.2, -0.15) is 0 Å². The molecule has 2 aliphatic rings. The lowest BCUT2D eigenvalue weighted by Crippen LogP contribution is -2.30. The van der Waals surface area contributed by atoms with Crippen molar-refractivity contribution >= 4 is 10.8 Å². The summed E-state index contributed by atoms with van der Waals surface area (Å²) >= 11 is 0. The Balaban J connectivity index is 1.34. The molecule has 0 heterocycles. The monoisotopic (exact) mass is 410 g/mol. The Kier molecular flexibility index (Phi) is 7.33. The van der Waals surface area contributed by atoms with E-state index in [-0.39, 0.29) is 5.82 Å². The second-order valence-electron chi connectivity index (χ2n) is 9.97. The molecule has 2 saturated carbocycles. The summed E-state index contributed by atoms with van der Waals surface area (Å²) in [5, 5.41) is 1.67. The molecule has 0 amide bonds. The zero-order valence-corrected chi connectivity index (χ0v) is 19.0. The van der Waals surface area contributed by atoms with Crippen LogP contribution in [-0.4, -0.2) is 7.11 Å². The molecular weight excluding hydrogens is 371 g/mol. The van der Waals surface area contributed by atoms with Crippen LogP contribution in [0.1, 0.15) is 95.5 Å². The molecule has 0 aliphatic heterocycles. The van der Waals surface area contributed by atoms with E-state index in [0.29, 0.717) is 17.1 Å². The van der Waals surface area contributed by atoms with Crippen LogP contribution in [0.25, 0.3) is 10.8 Å². The zero-order valence-electron chi connectivity index (χ0n) is 19.0. The van der Waals surface area contributed by atoms with Crippen LogP contribution < -0.4 is 4.74 Å². The van der Waals surface area contributed by atoms with Crippen LogP contribution in [0.15, 0.2) is 30.3 Å². The lowest BCUT2D eigenvalue weighted by molar-refractivity contribution is 0.113. The highest BCUT2D eigenvalue weighted by Gasteiger charge is 2.35. The normalized spacial score (nSPS) is 26.5. The Morgan fingerprint density at radius 2 is 1.70 bits per heavy atom. The Morgan fingerprint density at radius 1 is 0.900 bits per heavy atom. The molecule has 0 spiro atoms. The van der Waals surface area contributed by atoms with Gasteiger partial charge in [-0.25, -0.2) is 4.39 Å². The maximum absolute atomic E-state index is 14.5. The number of ether oxygens (including phenoxy) is 1. The first kappa shape index (κ1) is 21.7. The molecule has 2 aliphatic carbocycles. The van der Waals surface area contributed by atoms with Gasteiger partial charge in [0.2, 0.25) is 0 Å². The third kappa shape index (κ3) is 4.84. The maximum atomic E-state index is 14.5. The van der Waals surface area contributed by atoms with Crippen LogP contribution in [0.4, 0.5) is 4.39 Å². The standard InChI is InChI=1S/C28H39FO/c1-3-4-5-6-7-8-20-9-10-22-18-23(12-11-21(22)17-20)24-13-15-26-25(19-24)14-16-27(30-2)28(26)29/h13-16,19-23H,3-12,17-18H2,1-2H3/t20?,21-,22?,23-/m1/s1. The molecule has 4 rings (SSSR count). The van der Waals surface area contributed by atoms with Crippen molar-refractivity contribution in [1.29, 1.82) is 0 Å². The van der Waals surface area contributed by atoms with Crippen molar-refractivity contribution in [3.05, 3.63) is 41.7 Å². The van der Waals surface area contributed by atoms with E-state index in [0.717, 1.165) is 23.1 Å². The van der Waals surface area contributed by atoms with Crippen LogP contribution in [0.2, 0.25) is 0 Å². The largest absolute Gasteiger partial charge is 0.494 e. The summed E-state index contributed by atoms with van der Waals surface area (Å²) in [6.45, 7) is 2.30. The lowest BCUT2D eigenvalue weighted by atomic mass is 9.63. The van der Waals surface area contributed by atoms with Crippen LogP contribution in [-0.2, 0) is 0 Å². The Labute approximate surface area is 182 Å². The summed E-state index contributed by atoms with van der Waals surface area (Å²) in [6, 6.07) is 10.1. The fraction of sp³-hybridized carbons (Fsp3) is 0.643. The van der Waals surface area contributed by atoms with Crippen molar-refractivity contribution in [2.75, 3.05) is 7.11 Å². The number of benzene rings is 2. The maximum Gasteiger partial charge on any atom is 0.172 e. The molecule has 1 nitrogen and oxygen atoms in total. The van der Waals surface area contributed by atoms with E-state index in [1.54, 1.807) is 6.07 Å². The number of methoxy groups -OCH3 is 1. The topological polar surface area (TPSA) is 9.23 Å². The summed E-state index contributed by atoms with van der Waals surface area (Å²) in [6.07, 6.45) is 16.9. The summed E-state index contributed by atoms with van der Waals surface area (Å²) in [4.78, 5) is 0. The highest BCUT2D eigenvalue weighted by atomic mass is 19.1. The van der Waals surface area contributed by atoms with Gasteiger partial charge in [0, 0.05) is 5.39 Å². The van der Waals surface area contributed by atoms with Crippen LogP contribution in [0, 0.1) is 23.6 Å². The molecule has 4 atom stereocenters. The van der Waals surface area contributed by atoms with Crippen LogP contribution in [0.3, 0.4) is 0 Å². The van der Waals surface area contributed by atoms with Gasteiger partial charge in [-0.3, -0.25) is 0 Å². The molecule has 2 fully saturated rings. The minimum atomic E-state index is -0.238. The minimum absolute atomic E-state index is 0.238. The smallest absolute Gasteiger partial charge is 0.172 e. The number of hydrogen-bond donors (Lipinski definition) is 0. The van der Waals surface area contributed by atoms with Crippen molar-refractivity contribution in [3.8, 4) is 5.75 Å². The molecule has 2 aromatic carbocycles. The summed E-state index contributed by atoms with van der Waals surface area (Å²) in [5.74, 6) is 3.59. The molecule has 0 saturated heterocycles. The lowest BCUT2D eigenvalue weighted by Gasteiger charge is -2.42. The first-order valence-corrected chi connectivity index (χ1v) is 12.5. The van der Waals surface area contributed by atoms with Gasteiger partial charge in [-0.1, -0.05) is 76.1 Å². The minimum Gasteiger partial charge on any atom is -0.494 e. The third-order valence-corrected chi connectivity index (χ3v) is 8.07. The Morgan fingerprint density at radius 3 is 2.53 bits per heavy atom. The molecule has 30 heavy (non-hydrogen) atoms. The second-order valence-corrected chi connectivity index (χ2v) is 9.97. The molecule has 0 N–H and O–H groups in total. The fourth-order valence-corrected chi connectivity index (χ4v) is 6.29. The van der Waals surface area contributed by atoms with E-state index in [9.17, 15) is 4.39 Å². The SMILES string of the molecule is CCCCCCCC1CCC2C[C@H](c3ccc4c(F)c(OC)ccc4c3)CC[C@@H]2C1. The van der Waals surface area contributed by atoms with Gasteiger partial charge >= 0.3 is 0 Å². The molecule has 0 bridgehead atoms. The van der Waals surface area contributed by atoms with E-state index in [1.165, 1.54) is 89.7 Å². The first-order chi connectivity index (χ1) is 14.7. The van der Waals surface area contributed by atoms with Gasteiger partial charge in [0.1, 0.15) is 0 Å². The van der Waals surface area contributed by atoms with E-state index >= 15 is 0 Å². The van der Waals surface area contributed by atoms with Crippen LogP contribution in [0.5, 0.6) is 5.75 Å².